The molecule has 6 aliphatic heterocycles. The summed E-state index contributed by atoms with van der Waals surface area (Å²) in [5.41, 5.74) is 5.59. The summed E-state index contributed by atoms with van der Waals surface area (Å²) in [5, 5.41) is 3.25. The molecule has 15 heteroatoms. The monoisotopic (exact) mass is 797 g/mol. The van der Waals surface area contributed by atoms with Crippen molar-refractivity contribution < 1.29 is 36.7 Å². The minimum Gasteiger partial charge on any atom is -0.371 e. The van der Waals surface area contributed by atoms with Crippen LogP contribution >= 0.6 is 0 Å². The summed E-state index contributed by atoms with van der Waals surface area (Å²) in [4.78, 5) is 63.0. The van der Waals surface area contributed by atoms with Crippen molar-refractivity contribution in [3.05, 3.63) is 99.2 Å². The summed E-state index contributed by atoms with van der Waals surface area (Å²) < 4.78 is 60.4. The Kier molecular flexibility index (Phi) is 8.71. The minimum absolute atomic E-state index is 0.00242. The molecule has 3 atom stereocenters. The molecule has 58 heavy (non-hydrogen) atoms. The number of carbonyl (C=O) groups is 4. The number of amides is 4. The lowest BCUT2D eigenvalue weighted by Crippen LogP contribution is -2.60. The van der Waals surface area contributed by atoms with Crippen LogP contribution in [0.25, 0.3) is 10.9 Å². The number of carbonyl (C=O) groups excluding carboxylic acids is 4. The van der Waals surface area contributed by atoms with Crippen LogP contribution in [0.5, 0.6) is 0 Å². The average molecular weight is 798 g/mol. The second-order valence-corrected chi connectivity index (χ2v) is 17.2. The molecule has 11 nitrogen and oxygen atoms in total. The highest BCUT2D eigenvalue weighted by Crippen LogP contribution is 2.46. The number of para-hydroxylation sites is 1. The number of halogens is 4. The fraction of sp³-hybridized carbons (Fsp3) is 0.442. The van der Waals surface area contributed by atoms with Crippen molar-refractivity contribution in [2.45, 2.75) is 76.8 Å². The number of aromatic amines is 1. The van der Waals surface area contributed by atoms with E-state index in [2.05, 4.69) is 15.2 Å². The second kappa shape index (κ2) is 13.7. The lowest BCUT2D eigenvalue weighted by atomic mass is 9.79. The number of fused-ring (bicyclic) bond motifs is 5. The quantitative estimate of drug-likeness (QED) is 0.203. The van der Waals surface area contributed by atoms with E-state index in [1.165, 1.54) is 17.0 Å². The second-order valence-electron chi connectivity index (χ2n) is 17.2. The zero-order valence-corrected chi connectivity index (χ0v) is 32.0. The molecule has 3 aromatic carbocycles. The van der Waals surface area contributed by atoms with E-state index in [4.69, 9.17) is 0 Å². The summed E-state index contributed by atoms with van der Waals surface area (Å²) in [5.74, 6) is -2.55. The van der Waals surface area contributed by atoms with Gasteiger partial charge in [0.15, 0.2) is 0 Å². The van der Waals surface area contributed by atoms with Gasteiger partial charge in [0.1, 0.15) is 17.7 Å². The van der Waals surface area contributed by atoms with Gasteiger partial charge in [-0.2, -0.15) is 0 Å². The van der Waals surface area contributed by atoms with Gasteiger partial charge in [-0.15, -0.1) is 0 Å². The fourth-order valence-electron chi connectivity index (χ4n) is 10.6. The SMILES string of the molecule is C[C@@H]1Cc2c([nH]c3ccccc23)[C@@H](c2c(F)cc(N3CCC4(CN(C(=O)CN5Cc6cc7c(cc6C5)C(=O)N(C5CCC(=O)NC5=O)C7)C4)C3)cc2F)N1CC(F)F. The lowest BCUT2D eigenvalue weighted by Gasteiger charge is -2.48. The zero-order valence-electron chi connectivity index (χ0n) is 32.0. The highest BCUT2D eigenvalue weighted by atomic mass is 19.3. The predicted octanol–water partition coefficient (Wildman–Crippen LogP) is 4.86. The van der Waals surface area contributed by atoms with Crippen molar-refractivity contribution in [2.75, 3.05) is 44.2 Å². The summed E-state index contributed by atoms with van der Waals surface area (Å²) in [6.07, 6.45) is -0.949. The predicted molar refractivity (Wildman–Crippen MR) is 205 cm³/mol. The summed E-state index contributed by atoms with van der Waals surface area (Å²) in [6, 6.07) is 12.0. The number of benzene rings is 3. The Balaban J connectivity index is 0.785. The van der Waals surface area contributed by atoms with Crippen molar-refractivity contribution in [1.82, 2.24) is 29.9 Å². The Bertz CT molecular complexity index is 2390. The normalized spacial score (nSPS) is 24.2. The minimum atomic E-state index is -2.68. The Labute approximate surface area is 331 Å². The highest BCUT2D eigenvalue weighted by molar-refractivity contribution is 6.05. The largest absolute Gasteiger partial charge is 0.371 e. The lowest BCUT2D eigenvalue weighted by molar-refractivity contribution is -0.143. The number of aromatic nitrogens is 1. The molecule has 0 bridgehead atoms. The number of nitrogens with one attached hydrogen (secondary N) is 2. The van der Waals surface area contributed by atoms with Crippen LogP contribution in [0, 0.1) is 17.0 Å². The first-order chi connectivity index (χ1) is 27.8. The van der Waals surface area contributed by atoms with Crippen molar-refractivity contribution in [1.29, 1.82) is 0 Å². The maximum absolute atomic E-state index is 16.3. The average Bonchev–Trinajstić information content (AvgIpc) is 3.94. The molecule has 4 amide bonds. The molecule has 302 valence electrons. The van der Waals surface area contributed by atoms with Crippen LogP contribution in [0.3, 0.4) is 0 Å². The number of imide groups is 1. The van der Waals surface area contributed by atoms with E-state index in [-0.39, 0.29) is 47.7 Å². The summed E-state index contributed by atoms with van der Waals surface area (Å²) >= 11 is 0. The number of rotatable bonds is 7. The summed E-state index contributed by atoms with van der Waals surface area (Å²) in [7, 11) is 0. The van der Waals surface area contributed by atoms with Gasteiger partial charge in [-0.1, -0.05) is 24.3 Å². The number of nitrogens with zero attached hydrogens (tertiary/aromatic N) is 5. The fourth-order valence-corrected chi connectivity index (χ4v) is 10.6. The Morgan fingerprint density at radius 2 is 1.69 bits per heavy atom. The van der Waals surface area contributed by atoms with Gasteiger partial charge in [-0.05, 0) is 72.7 Å². The number of hydrogen-bond donors (Lipinski definition) is 2. The number of alkyl halides is 2. The van der Waals surface area contributed by atoms with Crippen LogP contribution in [0.4, 0.5) is 23.2 Å². The Morgan fingerprint density at radius 1 is 0.948 bits per heavy atom. The molecule has 3 saturated heterocycles. The molecule has 3 fully saturated rings. The van der Waals surface area contributed by atoms with Crippen molar-refractivity contribution >= 4 is 40.2 Å². The number of likely N-dealkylation sites (tertiary alicyclic amines) is 1. The van der Waals surface area contributed by atoms with E-state index < -0.39 is 42.6 Å². The van der Waals surface area contributed by atoms with Gasteiger partial charge in [-0.3, -0.25) is 34.3 Å². The molecule has 1 unspecified atom stereocenters. The van der Waals surface area contributed by atoms with Crippen LogP contribution in [0.1, 0.15) is 76.1 Å². The van der Waals surface area contributed by atoms with Crippen molar-refractivity contribution in [3.63, 3.8) is 0 Å². The van der Waals surface area contributed by atoms with Crippen LogP contribution in [-0.2, 0) is 40.4 Å². The van der Waals surface area contributed by atoms with E-state index in [1.54, 1.807) is 4.90 Å². The van der Waals surface area contributed by atoms with Gasteiger partial charge in [-0.25, -0.2) is 17.6 Å². The smallest absolute Gasteiger partial charge is 0.255 e. The Morgan fingerprint density at radius 3 is 2.43 bits per heavy atom. The van der Waals surface area contributed by atoms with Gasteiger partial charge >= 0.3 is 0 Å². The first-order valence-corrected chi connectivity index (χ1v) is 20.0. The van der Waals surface area contributed by atoms with Crippen molar-refractivity contribution in [2.24, 2.45) is 5.41 Å². The van der Waals surface area contributed by atoms with E-state index >= 15 is 8.78 Å². The molecule has 6 aliphatic rings. The molecule has 1 aromatic heterocycles. The van der Waals surface area contributed by atoms with E-state index in [9.17, 15) is 28.0 Å². The van der Waals surface area contributed by atoms with Gasteiger partial charge in [0.2, 0.25) is 17.7 Å². The van der Waals surface area contributed by atoms with Crippen LogP contribution in [0.15, 0.2) is 48.5 Å². The third-order valence-corrected chi connectivity index (χ3v) is 13.4. The molecule has 0 radical (unpaired) electrons. The van der Waals surface area contributed by atoms with Gasteiger partial charge in [0.25, 0.3) is 12.3 Å². The standard InChI is InChI=1S/C43H43F4N7O4/c1-23-10-30-28-4-2-3-5-33(28)48-39(30)40(53(23)18-35(46)47)38-31(44)13-27(14-32(38)45)51-9-8-43(20-51)21-52(22-43)37(56)19-50-15-24-11-26-17-54(34-6-7-36(55)49-41(34)57)42(58)29(26)12-25(24)16-50/h2-5,11-14,23,34-35,40,48H,6-10,15-22H2,1H3,(H,49,55,57)/t23-,34?,40-/m1/s1. The van der Waals surface area contributed by atoms with Crippen LogP contribution in [-0.4, -0.2) is 106 Å². The number of H-pyrrole nitrogens is 1. The highest BCUT2D eigenvalue weighted by Gasteiger charge is 2.50. The van der Waals surface area contributed by atoms with Crippen LogP contribution in [0.2, 0.25) is 0 Å². The third-order valence-electron chi connectivity index (χ3n) is 13.4. The molecule has 7 heterocycles. The number of piperidine rings is 1. The molecule has 2 N–H and O–H groups in total. The molecule has 1 spiro atoms. The van der Waals surface area contributed by atoms with E-state index in [0.29, 0.717) is 75.6 Å². The van der Waals surface area contributed by atoms with Crippen LogP contribution < -0.4 is 10.2 Å². The molecule has 10 rings (SSSR count). The molecule has 0 saturated carbocycles. The summed E-state index contributed by atoms with van der Waals surface area (Å²) in [6.45, 7) is 4.96. The topological polar surface area (TPSA) is 112 Å². The third kappa shape index (κ3) is 6.07. The first-order valence-electron chi connectivity index (χ1n) is 20.0. The van der Waals surface area contributed by atoms with Gasteiger partial charge in [0, 0.05) is 97.1 Å². The Hall–Kier alpha value is -5.28. The number of hydrogen-bond acceptors (Lipinski definition) is 7. The zero-order chi connectivity index (χ0) is 40.2. The molecular formula is C43H43F4N7O4. The van der Waals surface area contributed by atoms with E-state index in [1.807, 2.05) is 53.1 Å². The maximum Gasteiger partial charge on any atom is 0.255 e. The van der Waals surface area contributed by atoms with Gasteiger partial charge in [0.05, 0.1) is 19.1 Å². The molecular weight excluding hydrogens is 755 g/mol. The molecule has 4 aromatic rings. The van der Waals surface area contributed by atoms with Gasteiger partial charge < -0.3 is 19.7 Å². The molecule has 0 aliphatic carbocycles. The number of anilines is 1. The maximum atomic E-state index is 16.3. The van der Waals surface area contributed by atoms with Crippen molar-refractivity contribution in [3.8, 4) is 0 Å². The first kappa shape index (κ1) is 37.0. The van der Waals surface area contributed by atoms with E-state index in [0.717, 1.165) is 39.6 Å².